The minimum Gasteiger partial charge on any atom is -0.411 e. The van der Waals surface area contributed by atoms with Crippen molar-refractivity contribution in [3.05, 3.63) is 23.3 Å². The summed E-state index contributed by atoms with van der Waals surface area (Å²) < 4.78 is 0. The molecule has 2 aliphatic rings. The van der Waals surface area contributed by atoms with Gasteiger partial charge in [0.15, 0.2) is 0 Å². The summed E-state index contributed by atoms with van der Waals surface area (Å²) in [5.41, 5.74) is 2.07. The van der Waals surface area contributed by atoms with Crippen LogP contribution in [-0.4, -0.2) is 16.7 Å². The van der Waals surface area contributed by atoms with Crippen molar-refractivity contribution in [2.75, 3.05) is 0 Å². The average molecular weight is 177 g/mol. The third-order valence-corrected chi connectivity index (χ3v) is 2.48. The number of allylic oxidation sites excluding steroid dienone is 4. The van der Waals surface area contributed by atoms with Crippen molar-refractivity contribution in [1.29, 1.82) is 0 Å². The predicted octanol–water partition coefficient (Wildman–Crippen LogP) is 1.83. The van der Waals surface area contributed by atoms with Gasteiger partial charge in [-0.25, -0.2) is 0 Å². The van der Waals surface area contributed by atoms with Crippen molar-refractivity contribution in [2.24, 2.45) is 5.16 Å². The monoisotopic (exact) mass is 177 g/mol. The summed E-state index contributed by atoms with van der Waals surface area (Å²) in [6.07, 6.45) is 7.60. The summed E-state index contributed by atoms with van der Waals surface area (Å²) in [4.78, 5) is 11.5. The van der Waals surface area contributed by atoms with Crippen molar-refractivity contribution in [2.45, 2.75) is 25.7 Å². The second-order valence-electron chi connectivity index (χ2n) is 3.33. The number of rotatable bonds is 0. The molecule has 2 aliphatic carbocycles. The number of fused-ring (bicyclic) bond motifs is 1. The van der Waals surface area contributed by atoms with Gasteiger partial charge in [0.1, 0.15) is 5.71 Å². The van der Waals surface area contributed by atoms with Crippen LogP contribution in [0.25, 0.3) is 0 Å². The normalized spacial score (nSPS) is 25.2. The maximum absolute atomic E-state index is 11.5. The van der Waals surface area contributed by atoms with Gasteiger partial charge in [-0.15, -0.1) is 0 Å². The fraction of sp³-hybridized carbons (Fsp3) is 0.400. The smallest absolute Gasteiger partial charge is 0.210 e. The highest BCUT2D eigenvalue weighted by molar-refractivity contribution is 6.50. The Morgan fingerprint density at radius 3 is 2.85 bits per heavy atom. The van der Waals surface area contributed by atoms with Gasteiger partial charge in [-0.05, 0) is 24.8 Å². The molecule has 68 valence electrons. The van der Waals surface area contributed by atoms with Crippen molar-refractivity contribution < 1.29 is 10.0 Å². The number of carbonyl (C=O) groups excluding carboxylic acids is 1. The van der Waals surface area contributed by atoms with Crippen LogP contribution in [-0.2, 0) is 4.79 Å². The molecule has 0 amide bonds. The van der Waals surface area contributed by atoms with Crippen LogP contribution in [0, 0.1) is 0 Å². The Labute approximate surface area is 76.4 Å². The Balaban J connectivity index is 2.41. The number of hydrogen-bond acceptors (Lipinski definition) is 3. The Bertz CT molecular complexity index is 337. The van der Waals surface area contributed by atoms with E-state index in [1.54, 1.807) is 0 Å². The standard InChI is InChI=1S/C10H11NO2/c12-10-8-5-3-1-2-4-7(8)6-9(10)11-13/h4-5,13H,1-3,6H2/b11-9+. The third-order valence-electron chi connectivity index (χ3n) is 2.48. The van der Waals surface area contributed by atoms with Crippen LogP contribution in [0.3, 0.4) is 0 Å². The summed E-state index contributed by atoms with van der Waals surface area (Å²) in [7, 11) is 0. The van der Waals surface area contributed by atoms with Crippen LogP contribution in [0.5, 0.6) is 0 Å². The molecule has 2 rings (SSSR count). The molecule has 1 saturated carbocycles. The Morgan fingerprint density at radius 2 is 2.08 bits per heavy atom. The molecule has 1 fully saturated rings. The highest BCUT2D eigenvalue weighted by Crippen LogP contribution is 2.29. The van der Waals surface area contributed by atoms with Crippen molar-refractivity contribution in [3.63, 3.8) is 0 Å². The molecule has 0 unspecified atom stereocenters. The van der Waals surface area contributed by atoms with Gasteiger partial charge in [0.2, 0.25) is 5.78 Å². The summed E-state index contributed by atoms with van der Waals surface area (Å²) in [6, 6.07) is 0. The van der Waals surface area contributed by atoms with Gasteiger partial charge in [0.05, 0.1) is 0 Å². The van der Waals surface area contributed by atoms with E-state index in [2.05, 4.69) is 11.2 Å². The fourth-order valence-corrected chi connectivity index (χ4v) is 1.78. The van der Waals surface area contributed by atoms with E-state index in [1.807, 2.05) is 6.08 Å². The molecule has 0 radical (unpaired) electrons. The zero-order chi connectivity index (χ0) is 9.26. The quantitative estimate of drug-likeness (QED) is 0.453. The van der Waals surface area contributed by atoms with Gasteiger partial charge < -0.3 is 5.21 Å². The van der Waals surface area contributed by atoms with Gasteiger partial charge in [0.25, 0.3) is 0 Å². The largest absolute Gasteiger partial charge is 0.411 e. The van der Waals surface area contributed by atoms with Gasteiger partial charge in [-0.1, -0.05) is 17.3 Å². The molecule has 3 nitrogen and oxygen atoms in total. The third kappa shape index (κ3) is 1.30. The lowest BCUT2D eigenvalue weighted by molar-refractivity contribution is -0.109. The first kappa shape index (κ1) is 8.23. The molecular weight excluding hydrogens is 166 g/mol. The van der Waals surface area contributed by atoms with Crippen molar-refractivity contribution in [3.8, 4) is 0 Å². The van der Waals surface area contributed by atoms with Gasteiger partial charge >= 0.3 is 0 Å². The van der Waals surface area contributed by atoms with Gasteiger partial charge in [-0.2, -0.15) is 0 Å². The highest BCUT2D eigenvalue weighted by atomic mass is 16.4. The Hall–Kier alpha value is -1.38. The van der Waals surface area contributed by atoms with E-state index in [0.29, 0.717) is 6.42 Å². The van der Waals surface area contributed by atoms with Crippen LogP contribution in [0.2, 0.25) is 0 Å². The highest BCUT2D eigenvalue weighted by Gasteiger charge is 2.29. The first-order valence-electron chi connectivity index (χ1n) is 4.48. The molecule has 0 aromatic rings. The summed E-state index contributed by atoms with van der Waals surface area (Å²) in [5, 5.41) is 11.6. The number of ketones is 1. The van der Waals surface area contributed by atoms with Crippen LogP contribution in [0.15, 0.2) is 28.5 Å². The van der Waals surface area contributed by atoms with Gasteiger partial charge in [-0.3, -0.25) is 4.79 Å². The van der Waals surface area contributed by atoms with Crippen LogP contribution < -0.4 is 0 Å². The predicted molar refractivity (Wildman–Crippen MR) is 48.9 cm³/mol. The molecule has 0 bridgehead atoms. The summed E-state index contributed by atoms with van der Waals surface area (Å²) >= 11 is 0. The van der Waals surface area contributed by atoms with E-state index < -0.39 is 0 Å². The Kier molecular flexibility index (Phi) is 2.00. The number of hydrogen-bond donors (Lipinski definition) is 1. The zero-order valence-corrected chi connectivity index (χ0v) is 7.29. The van der Waals surface area contributed by atoms with Gasteiger partial charge in [0, 0.05) is 12.0 Å². The lowest BCUT2D eigenvalue weighted by Crippen LogP contribution is -2.05. The molecule has 1 N–H and O–H groups in total. The number of nitrogens with zero attached hydrogens (tertiary/aromatic N) is 1. The Morgan fingerprint density at radius 1 is 1.31 bits per heavy atom. The second-order valence-corrected chi connectivity index (χ2v) is 3.33. The molecule has 13 heavy (non-hydrogen) atoms. The molecule has 0 spiro atoms. The molecule has 0 aromatic heterocycles. The second kappa shape index (κ2) is 3.17. The average Bonchev–Trinajstić information content (AvgIpc) is 2.37. The van der Waals surface area contributed by atoms with Crippen molar-refractivity contribution >= 4 is 11.5 Å². The van der Waals surface area contributed by atoms with Crippen LogP contribution in [0.1, 0.15) is 25.7 Å². The van der Waals surface area contributed by atoms with E-state index >= 15 is 0 Å². The maximum Gasteiger partial charge on any atom is 0.210 e. The lowest BCUT2D eigenvalue weighted by Gasteiger charge is -1.92. The topological polar surface area (TPSA) is 49.7 Å². The zero-order valence-electron chi connectivity index (χ0n) is 7.29. The van der Waals surface area contributed by atoms with E-state index in [0.717, 1.165) is 30.4 Å². The van der Waals surface area contributed by atoms with Crippen LogP contribution in [0.4, 0.5) is 0 Å². The molecule has 0 aromatic carbocycles. The lowest BCUT2D eigenvalue weighted by atomic mass is 10.1. The molecule has 0 heterocycles. The maximum atomic E-state index is 11.5. The SMILES string of the molecule is O=C1C2=CCCCC=C2C/C1=N\O. The summed E-state index contributed by atoms with van der Waals surface area (Å²) in [5.74, 6) is -0.101. The van der Waals surface area contributed by atoms with Crippen molar-refractivity contribution in [1.82, 2.24) is 0 Å². The molecule has 0 saturated heterocycles. The number of carbonyl (C=O) groups is 1. The first-order chi connectivity index (χ1) is 6.33. The number of Topliss-reactive ketones (excluding diaryl/α,β-unsaturated/α-hetero) is 1. The van der Waals surface area contributed by atoms with E-state index in [1.165, 1.54) is 0 Å². The summed E-state index contributed by atoms with van der Waals surface area (Å²) in [6.45, 7) is 0. The minimum absolute atomic E-state index is 0.101. The fourth-order valence-electron chi connectivity index (χ4n) is 1.78. The van der Waals surface area contributed by atoms with Crippen LogP contribution >= 0.6 is 0 Å². The molecule has 3 heteroatoms. The van der Waals surface area contributed by atoms with E-state index in [4.69, 9.17) is 5.21 Å². The van der Waals surface area contributed by atoms with E-state index in [9.17, 15) is 4.79 Å². The molecule has 0 aliphatic heterocycles. The van der Waals surface area contributed by atoms with E-state index in [-0.39, 0.29) is 11.5 Å². The first-order valence-corrected chi connectivity index (χ1v) is 4.48. The minimum atomic E-state index is -0.101. The molecule has 0 atom stereocenters. The molecular formula is C10H11NO2. The number of oxime groups is 1.